The Morgan fingerprint density at radius 2 is 2.36 bits per heavy atom. The molecule has 0 N–H and O–H groups in total. The zero-order valence-corrected chi connectivity index (χ0v) is 7.62. The molecule has 0 unspecified atom stereocenters. The lowest BCUT2D eigenvalue weighted by molar-refractivity contribution is 0.0605. The Bertz CT molecular complexity index is 280. The standard InChI is InChI=1S/C7H9BO2S/c1-4-3-5(8)11-6(4)7(9)10-2/h3H,8H2,1-2H3. The third kappa shape index (κ3) is 1.63. The first-order valence-corrected chi connectivity index (χ1v) is 4.12. The maximum absolute atomic E-state index is 11.0. The van der Waals surface area contributed by atoms with Crippen molar-refractivity contribution < 1.29 is 9.53 Å². The number of aryl methyl sites for hydroxylation is 1. The van der Waals surface area contributed by atoms with Crippen molar-refractivity contribution in [3.8, 4) is 0 Å². The maximum atomic E-state index is 11.0. The second kappa shape index (κ2) is 3.09. The molecule has 1 aromatic heterocycles. The van der Waals surface area contributed by atoms with E-state index in [1.165, 1.54) is 18.4 Å². The van der Waals surface area contributed by atoms with Crippen LogP contribution >= 0.6 is 11.3 Å². The van der Waals surface area contributed by atoms with Crippen LogP contribution in [0.2, 0.25) is 0 Å². The number of rotatable bonds is 1. The van der Waals surface area contributed by atoms with E-state index in [-0.39, 0.29) is 5.97 Å². The zero-order valence-electron chi connectivity index (χ0n) is 6.80. The van der Waals surface area contributed by atoms with Crippen LogP contribution < -0.4 is 4.78 Å². The molecule has 1 heterocycles. The minimum absolute atomic E-state index is 0.236. The van der Waals surface area contributed by atoms with Gasteiger partial charge in [0.15, 0.2) is 7.85 Å². The van der Waals surface area contributed by atoms with Crippen LogP contribution in [0.3, 0.4) is 0 Å². The van der Waals surface area contributed by atoms with E-state index in [2.05, 4.69) is 4.74 Å². The van der Waals surface area contributed by atoms with Gasteiger partial charge < -0.3 is 4.74 Å². The second-order valence-corrected chi connectivity index (χ2v) is 3.62. The number of thiophene rings is 1. The van der Waals surface area contributed by atoms with Crippen molar-refractivity contribution in [1.29, 1.82) is 0 Å². The number of ether oxygens (including phenoxy) is 1. The minimum atomic E-state index is -0.236. The highest BCUT2D eigenvalue weighted by Gasteiger charge is 2.11. The Labute approximate surface area is 70.6 Å². The van der Waals surface area contributed by atoms with Crippen LogP contribution in [-0.2, 0) is 4.74 Å². The average Bonchev–Trinajstić information content (AvgIpc) is 2.28. The van der Waals surface area contributed by atoms with Crippen LogP contribution in [0, 0.1) is 6.92 Å². The summed E-state index contributed by atoms with van der Waals surface area (Å²) in [7, 11) is 3.38. The molecule has 1 aromatic rings. The van der Waals surface area contributed by atoms with Crippen molar-refractivity contribution in [2.75, 3.05) is 7.11 Å². The number of esters is 1. The second-order valence-electron chi connectivity index (χ2n) is 2.36. The van der Waals surface area contributed by atoms with Crippen molar-refractivity contribution in [1.82, 2.24) is 0 Å². The lowest BCUT2D eigenvalue weighted by Gasteiger charge is -1.94. The molecule has 0 fully saturated rings. The van der Waals surface area contributed by atoms with Crippen LogP contribution in [0.15, 0.2) is 6.07 Å². The number of carbonyl (C=O) groups excluding carboxylic acids is 1. The monoisotopic (exact) mass is 168 g/mol. The fourth-order valence-electron chi connectivity index (χ4n) is 0.937. The Kier molecular flexibility index (Phi) is 2.34. The molecule has 11 heavy (non-hydrogen) atoms. The van der Waals surface area contributed by atoms with Gasteiger partial charge >= 0.3 is 5.97 Å². The van der Waals surface area contributed by atoms with Crippen LogP contribution in [0.4, 0.5) is 0 Å². The summed E-state index contributed by atoms with van der Waals surface area (Å²) in [6.45, 7) is 1.91. The quantitative estimate of drug-likeness (QED) is 0.439. The van der Waals surface area contributed by atoms with Crippen molar-refractivity contribution >= 4 is 29.9 Å². The number of hydrogen-bond donors (Lipinski definition) is 0. The molecular formula is C7H9BO2S. The highest BCUT2D eigenvalue weighted by atomic mass is 32.1. The lowest BCUT2D eigenvalue weighted by Crippen LogP contribution is -1.99. The summed E-state index contributed by atoms with van der Waals surface area (Å²) in [5.74, 6) is -0.236. The first-order valence-electron chi connectivity index (χ1n) is 3.30. The normalized spacial score (nSPS) is 9.64. The molecule has 2 nitrogen and oxygen atoms in total. The fourth-order valence-corrected chi connectivity index (χ4v) is 1.88. The molecule has 0 aliphatic heterocycles. The van der Waals surface area contributed by atoms with Gasteiger partial charge in [0.2, 0.25) is 0 Å². The number of carbonyl (C=O) groups is 1. The van der Waals surface area contributed by atoms with E-state index in [1.54, 1.807) is 0 Å². The highest BCUT2D eigenvalue weighted by Crippen LogP contribution is 2.13. The summed E-state index contributed by atoms with van der Waals surface area (Å²) in [6.07, 6.45) is 0. The van der Waals surface area contributed by atoms with Gasteiger partial charge in [0.1, 0.15) is 4.88 Å². The minimum Gasteiger partial charge on any atom is -0.465 e. The molecule has 0 amide bonds. The highest BCUT2D eigenvalue weighted by molar-refractivity contribution is 7.21. The van der Waals surface area contributed by atoms with Crippen LogP contribution in [0.25, 0.3) is 0 Å². The Hall–Kier alpha value is -0.765. The van der Waals surface area contributed by atoms with Gasteiger partial charge in [-0.2, -0.15) is 0 Å². The SMILES string of the molecule is Bc1cc(C)c(C(=O)OC)s1. The number of hydrogen-bond acceptors (Lipinski definition) is 3. The number of methoxy groups -OCH3 is 1. The summed E-state index contributed by atoms with van der Waals surface area (Å²) in [5.41, 5.74) is 0.999. The molecule has 1 rings (SSSR count). The van der Waals surface area contributed by atoms with Gasteiger partial charge in [-0.15, -0.1) is 11.3 Å². The Balaban J connectivity index is 3.03. The van der Waals surface area contributed by atoms with Gasteiger partial charge in [-0.25, -0.2) is 4.79 Å². The van der Waals surface area contributed by atoms with Crippen molar-refractivity contribution in [3.63, 3.8) is 0 Å². The van der Waals surface area contributed by atoms with E-state index in [9.17, 15) is 4.79 Å². The van der Waals surface area contributed by atoms with E-state index in [4.69, 9.17) is 0 Å². The summed E-state index contributed by atoms with van der Waals surface area (Å²) in [5, 5.41) is 0. The summed E-state index contributed by atoms with van der Waals surface area (Å²) >= 11 is 1.47. The average molecular weight is 168 g/mol. The predicted molar refractivity (Wildman–Crippen MR) is 48.6 cm³/mol. The molecule has 58 valence electrons. The van der Waals surface area contributed by atoms with Gasteiger partial charge in [-0.3, -0.25) is 0 Å². The van der Waals surface area contributed by atoms with Gasteiger partial charge in [0.25, 0.3) is 0 Å². The molecule has 4 heteroatoms. The smallest absolute Gasteiger partial charge is 0.348 e. The van der Waals surface area contributed by atoms with E-state index in [1.807, 2.05) is 20.8 Å². The molecule has 0 bridgehead atoms. The fraction of sp³-hybridized carbons (Fsp3) is 0.286. The Morgan fingerprint density at radius 1 is 1.73 bits per heavy atom. The first kappa shape index (κ1) is 8.33. The molecule has 0 saturated heterocycles. The van der Waals surface area contributed by atoms with Gasteiger partial charge in [-0.1, -0.05) is 6.07 Å². The molecule has 0 spiro atoms. The topological polar surface area (TPSA) is 26.3 Å². The molecule has 0 aliphatic rings. The van der Waals surface area contributed by atoms with Crippen LogP contribution in [-0.4, -0.2) is 20.9 Å². The largest absolute Gasteiger partial charge is 0.465 e. The molecule has 0 atom stereocenters. The summed E-state index contributed by atoms with van der Waals surface area (Å²) in [6, 6.07) is 1.98. The summed E-state index contributed by atoms with van der Waals surface area (Å²) in [4.78, 5) is 11.7. The van der Waals surface area contributed by atoms with E-state index in [0.29, 0.717) is 4.88 Å². The Morgan fingerprint density at radius 3 is 2.73 bits per heavy atom. The van der Waals surface area contributed by atoms with E-state index >= 15 is 0 Å². The summed E-state index contributed by atoms with van der Waals surface area (Å²) < 4.78 is 5.74. The van der Waals surface area contributed by atoms with Crippen molar-refractivity contribution in [2.45, 2.75) is 6.92 Å². The van der Waals surface area contributed by atoms with Gasteiger partial charge in [0.05, 0.1) is 7.11 Å². The van der Waals surface area contributed by atoms with Crippen LogP contribution in [0.5, 0.6) is 0 Å². The third-order valence-electron chi connectivity index (χ3n) is 1.41. The first-order chi connectivity index (χ1) is 5.15. The molecule has 0 aliphatic carbocycles. The molecular weight excluding hydrogens is 159 g/mol. The zero-order chi connectivity index (χ0) is 8.43. The molecule has 0 radical (unpaired) electrons. The van der Waals surface area contributed by atoms with Gasteiger partial charge in [-0.05, 0) is 17.3 Å². The molecule has 0 aromatic carbocycles. The maximum Gasteiger partial charge on any atom is 0.348 e. The molecule has 0 saturated carbocycles. The van der Waals surface area contributed by atoms with Crippen LogP contribution in [0.1, 0.15) is 15.2 Å². The van der Waals surface area contributed by atoms with Crippen molar-refractivity contribution in [3.05, 3.63) is 16.5 Å². The van der Waals surface area contributed by atoms with Crippen molar-refractivity contribution in [2.24, 2.45) is 0 Å². The van der Waals surface area contributed by atoms with Gasteiger partial charge in [0, 0.05) is 0 Å². The lowest BCUT2D eigenvalue weighted by atomic mass is 10.1. The predicted octanol–water partition coefficient (Wildman–Crippen LogP) is 0.102. The van der Waals surface area contributed by atoms with E-state index < -0.39 is 0 Å². The third-order valence-corrected chi connectivity index (χ3v) is 2.54. The van der Waals surface area contributed by atoms with E-state index in [0.717, 1.165) is 10.3 Å².